The van der Waals surface area contributed by atoms with Gasteiger partial charge in [0.2, 0.25) is 0 Å². The first-order valence-corrected chi connectivity index (χ1v) is 5.54. The van der Waals surface area contributed by atoms with Crippen molar-refractivity contribution in [2.24, 2.45) is 0 Å². The zero-order valence-electron chi connectivity index (χ0n) is 9.95. The van der Waals surface area contributed by atoms with Gasteiger partial charge in [0.15, 0.2) is 6.29 Å². The summed E-state index contributed by atoms with van der Waals surface area (Å²) in [5.41, 5.74) is 0. The molecule has 0 N–H and O–H groups in total. The molecule has 0 heterocycles. The van der Waals surface area contributed by atoms with Crippen molar-refractivity contribution in [3.63, 3.8) is 0 Å². The number of carbonyl (C=O) groups is 1. The van der Waals surface area contributed by atoms with Crippen LogP contribution < -0.4 is 0 Å². The van der Waals surface area contributed by atoms with Crippen LogP contribution in [0.3, 0.4) is 0 Å². The minimum absolute atomic E-state index is 0.196. The number of rotatable bonds is 9. The molecule has 4 heteroatoms. The summed E-state index contributed by atoms with van der Waals surface area (Å²) in [6.07, 6.45) is 2.71. The number of methoxy groups -OCH3 is 1. The third kappa shape index (κ3) is 8.39. The van der Waals surface area contributed by atoms with Gasteiger partial charge in [0.1, 0.15) is 0 Å². The highest BCUT2D eigenvalue weighted by Crippen LogP contribution is 2.05. The summed E-state index contributed by atoms with van der Waals surface area (Å²) in [5, 5.41) is 0. The van der Waals surface area contributed by atoms with Gasteiger partial charge in [0.25, 0.3) is 0 Å². The van der Waals surface area contributed by atoms with Crippen LogP contribution in [0.15, 0.2) is 0 Å². The summed E-state index contributed by atoms with van der Waals surface area (Å²) >= 11 is 0. The van der Waals surface area contributed by atoms with Crippen molar-refractivity contribution in [1.29, 1.82) is 0 Å². The molecule has 15 heavy (non-hydrogen) atoms. The standard InChI is InChI=1S/C11H22O4/c1-4-6-9-15-11(13-3)8-7-10(12)14-5-2/h11H,4-9H2,1-3H3. The maximum atomic E-state index is 11.1. The molecule has 90 valence electrons. The Labute approximate surface area is 91.9 Å². The van der Waals surface area contributed by atoms with Gasteiger partial charge in [-0.3, -0.25) is 4.79 Å². The van der Waals surface area contributed by atoms with Crippen LogP contribution >= 0.6 is 0 Å². The Morgan fingerprint density at radius 1 is 1.33 bits per heavy atom. The molecular formula is C11H22O4. The van der Waals surface area contributed by atoms with E-state index in [1.807, 2.05) is 0 Å². The number of esters is 1. The molecule has 0 aromatic carbocycles. The molecule has 0 aliphatic rings. The fourth-order valence-electron chi connectivity index (χ4n) is 1.10. The summed E-state index contributed by atoms with van der Waals surface area (Å²) in [4.78, 5) is 11.1. The zero-order valence-corrected chi connectivity index (χ0v) is 9.95. The van der Waals surface area contributed by atoms with Crippen LogP contribution in [0.1, 0.15) is 39.5 Å². The molecule has 1 unspecified atom stereocenters. The van der Waals surface area contributed by atoms with Crippen LogP contribution in [0.5, 0.6) is 0 Å². The van der Waals surface area contributed by atoms with E-state index in [2.05, 4.69) is 6.92 Å². The predicted octanol–water partition coefficient (Wildman–Crippen LogP) is 2.12. The first-order chi connectivity index (χ1) is 7.24. The van der Waals surface area contributed by atoms with Gasteiger partial charge in [-0.25, -0.2) is 0 Å². The van der Waals surface area contributed by atoms with E-state index in [1.54, 1.807) is 14.0 Å². The summed E-state index contributed by atoms with van der Waals surface area (Å²) < 4.78 is 15.3. The third-order valence-electron chi connectivity index (χ3n) is 1.95. The van der Waals surface area contributed by atoms with Gasteiger partial charge in [-0.2, -0.15) is 0 Å². The number of unbranched alkanes of at least 4 members (excludes halogenated alkanes) is 1. The van der Waals surface area contributed by atoms with E-state index in [9.17, 15) is 4.79 Å². The Hall–Kier alpha value is -0.610. The molecular weight excluding hydrogens is 196 g/mol. The molecule has 0 saturated carbocycles. The van der Waals surface area contributed by atoms with E-state index in [0.717, 1.165) is 12.8 Å². The summed E-state index contributed by atoms with van der Waals surface area (Å²) in [5.74, 6) is -0.196. The molecule has 0 amide bonds. The third-order valence-corrected chi connectivity index (χ3v) is 1.95. The van der Waals surface area contributed by atoms with Crippen molar-refractivity contribution in [2.45, 2.75) is 45.8 Å². The summed E-state index contributed by atoms with van der Waals surface area (Å²) in [7, 11) is 1.59. The summed E-state index contributed by atoms with van der Waals surface area (Å²) in [6.45, 7) is 5.00. The van der Waals surface area contributed by atoms with Crippen LogP contribution in [0.2, 0.25) is 0 Å². The van der Waals surface area contributed by atoms with Crippen LogP contribution in [-0.2, 0) is 19.0 Å². The molecule has 4 nitrogen and oxygen atoms in total. The lowest BCUT2D eigenvalue weighted by molar-refractivity contribution is -0.151. The first-order valence-electron chi connectivity index (χ1n) is 5.54. The van der Waals surface area contributed by atoms with Crippen molar-refractivity contribution in [1.82, 2.24) is 0 Å². The lowest BCUT2D eigenvalue weighted by atomic mass is 10.3. The summed E-state index contributed by atoms with van der Waals surface area (Å²) in [6, 6.07) is 0. The van der Waals surface area contributed by atoms with Crippen molar-refractivity contribution >= 4 is 5.97 Å². The quantitative estimate of drug-likeness (QED) is 0.338. The van der Waals surface area contributed by atoms with Gasteiger partial charge in [0, 0.05) is 20.1 Å². The molecule has 0 fully saturated rings. The number of hydrogen-bond donors (Lipinski definition) is 0. The molecule has 0 rings (SSSR count). The first kappa shape index (κ1) is 14.4. The number of ether oxygens (including phenoxy) is 3. The topological polar surface area (TPSA) is 44.8 Å². The lowest BCUT2D eigenvalue weighted by Gasteiger charge is -2.15. The van der Waals surface area contributed by atoms with E-state index in [1.165, 1.54) is 0 Å². The smallest absolute Gasteiger partial charge is 0.305 e. The maximum absolute atomic E-state index is 11.1. The number of carbonyl (C=O) groups excluding carboxylic acids is 1. The van der Waals surface area contributed by atoms with E-state index < -0.39 is 0 Å². The highest BCUT2D eigenvalue weighted by atomic mass is 16.7. The highest BCUT2D eigenvalue weighted by molar-refractivity contribution is 5.69. The van der Waals surface area contributed by atoms with Crippen molar-refractivity contribution < 1.29 is 19.0 Å². The Morgan fingerprint density at radius 2 is 2.07 bits per heavy atom. The second-order valence-electron chi connectivity index (χ2n) is 3.23. The SMILES string of the molecule is CCCCOC(CCC(=O)OCC)OC. The molecule has 1 atom stereocenters. The highest BCUT2D eigenvalue weighted by Gasteiger charge is 2.10. The lowest BCUT2D eigenvalue weighted by Crippen LogP contribution is -2.18. The molecule has 0 aliphatic carbocycles. The largest absolute Gasteiger partial charge is 0.466 e. The van der Waals surface area contributed by atoms with Gasteiger partial charge in [-0.05, 0) is 13.3 Å². The second kappa shape index (κ2) is 9.93. The fraction of sp³-hybridized carbons (Fsp3) is 0.909. The van der Waals surface area contributed by atoms with Crippen molar-refractivity contribution in [3.05, 3.63) is 0 Å². The van der Waals surface area contributed by atoms with Crippen LogP contribution in [-0.4, -0.2) is 32.6 Å². The fourth-order valence-corrected chi connectivity index (χ4v) is 1.10. The Kier molecular flexibility index (Phi) is 9.52. The van der Waals surface area contributed by atoms with E-state index in [-0.39, 0.29) is 12.3 Å². The molecule has 0 bridgehead atoms. The average Bonchev–Trinajstić information content (AvgIpc) is 2.23. The Morgan fingerprint density at radius 3 is 2.60 bits per heavy atom. The predicted molar refractivity (Wildman–Crippen MR) is 57.5 cm³/mol. The number of hydrogen-bond acceptors (Lipinski definition) is 4. The van der Waals surface area contributed by atoms with Crippen molar-refractivity contribution in [3.8, 4) is 0 Å². The molecule has 0 aromatic heterocycles. The van der Waals surface area contributed by atoms with Crippen molar-refractivity contribution in [2.75, 3.05) is 20.3 Å². The monoisotopic (exact) mass is 218 g/mol. The minimum Gasteiger partial charge on any atom is -0.466 e. The average molecular weight is 218 g/mol. The van der Waals surface area contributed by atoms with E-state index in [4.69, 9.17) is 14.2 Å². The van der Waals surface area contributed by atoms with E-state index in [0.29, 0.717) is 26.1 Å². The minimum atomic E-state index is -0.291. The normalized spacial score (nSPS) is 12.5. The van der Waals surface area contributed by atoms with Crippen LogP contribution in [0.4, 0.5) is 0 Å². The molecule has 0 radical (unpaired) electrons. The molecule has 0 spiro atoms. The van der Waals surface area contributed by atoms with Gasteiger partial charge >= 0.3 is 5.97 Å². The zero-order chi connectivity index (χ0) is 11.5. The van der Waals surface area contributed by atoms with Crippen LogP contribution in [0, 0.1) is 0 Å². The maximum Gasteiger partial charge on any atom is 0.305 e. The van der Waals surface area contributed by atoms with Gasteiger partial charge in [-0.15, -0.1) is 0 Å². The van der Waals surface area contributed by atoms with Crippen LogP contribution in [0.25, 0.3) is 0 Å². The Bertz CT molecular complexity index is 159. The second-order valence-corrected chi connectivity index (χ2v) is 3.23. The Balaban J connectivity index is 3.55. The van der Waals surface area contributed by atoms with E-state index >= 15 is 0 Å². The van der Waals surface area contributed by atoms with Gasteiger partial charge < -0.3 is 14.2 Å². The molecule has 0 aromatic rings. The van der Waals surface area contributed by atoms with Gasteiger partial charge in [-0.1, -0.05) is 13.3 Å². The molecule has 0 aliphatic heterocycles. The molecule has 0 saturated heterocycles. The van der Waals surface area contributed by atoms with Gasteiger partial charge in [0.05, 0.1) is 13.0 Å².